The molecule has 2 aromatic carbocycles. The monoisotopic (exact) mass is 404 g/mol. The van der Waals surface area contributed by atoms with Crippen LogP contribution in [0.25, 0.3) is 11.3 Å². The van der Waals surface area contributed by atoms with Crippen molar-refractivity contribution in [1.29, 1.82) is 0 Å². The van der Waals surface area contributed by atoms with E-state index in [1.165, 1.54) is 0 Å². The number of nitrogens with zero attached hydrogens (tertiary/aromatic N) is 2. The fourth-order valence-corrected chi connectivity index (χ4v) is 3.16. The standard InChI is InChI=1S/C17H14BrClN4O/c1-23-9-13(18)16(22-23)10-3-2-4-12(7-10)21-15-6-5-11(17(20)24)8-14(15)19/h2-9,21H,1H3,(H2,20,24). The van der Waals surface area contributed by atoms with Crippen molar-refractivity contribution in [3.8, 4) is 11.3 Å². The van der Waals surface area contributed by atoms with E-state index in [0.717, 1.165) is 21.4 Å². The highest BCUT2D eigenvalue weighted by Crippen LogP contribution is 2.31. The molecule has 3 aromatic rings. The van der Waals surface area contributed by atoms with Gasteiger partial charge in [-0.3, -0.25) is 9.48 Å². The van der Waals surface area contributed by atoms with Crippen molar-refractivity contribution in [3.05, 3.63) is 63.7 Å². The molecule has 0 aliphatic heterocycles. The predicted octanol–water partition coefficient (Wildman–Crippen LogP) is 4.35. The van der Waals surface area contributed by atoms with Crippen molar-refractivity contribution < 1.29 is 4.79 Å². The molecular formula is C17H14BrClN4O. The van der Waals surface area contributed by atoms with Gasteiger partial charge in [0.2, 0.25) is 5.91 Å². The van der Waals surface area contributed by atoms with Gasteiger partial charge in [0.15, 0.2) is 0 Å². The molecule has 0 bridgehead atoms. The molecule has 1 aromatic heterocycles. The van der Waals surface area contributed by atoms with E-state index >= 15 is 0 Å². The third-order valence-corrected chi connectivity index (χ3v) is 4.35. The van der Waals surface area contributed by atoms with Gasteiger partial charge in [0.05, 0.1) is 15.2 Å². The number of carbonyl (C=O) groups excluding carboxylic acids is 1. The van der Waals surface area contributed by atoms with Gasteiger partial charge in [0.1, 0.15) is 5.69 Å². The van der Waals surface area contributed by atoms with Gasteiger partial charge in [0, 0.05) is 30.1 Å². The first-order valence-corrected chi connectivity index (χ1v) is 8.27. The number of aromatic nitrogens is 2. The van der Waals surface area contributed by atoms with Crippen molar-refractivity contribution in [2.24, 2.45) is 12.8 Å². The Morgan fingerprint density at radius 2 is 2.08 bits per heavy atom. The predicted molar refractivity (Wildman–Crippen MR) is 99.6 cm³/mol. The second-order valence-electron chi connectivity index (χ2n) is 5.26. The van der Waals surface area contributed by atoms with Crippen LogP contribution in [-0.2, 0) is 7.05 Å². The van der Waals surface area contributed by atoms with Gasteiger partial charge in [-0.1, -0.05) is 23.7 Å². The molecule has 0 aliphatic carbocycles. The Kier molecular flexibility index (Phi) is 4.59. The lowest BCUT2D eigenvalue weighted by molar-refractivity contribution is 0.100. The van der Waals surface area contributed by atoms with E-state index in [-0.39, 0.29) is 0 Å². The Bertz CT molecular complexity index is 923. The van der Waals surface area contributed by atoms with Crippen LogP contribution in [0.4, 0.5) is 11.4 Å². The number of benzene rings is 2. The summed E-state index contributed by atoms with van der Waals surface area (Å²) >= 11 is 9.72. The van der Waals surface area contributed by atoms with Crippen molar-refractivity contribution in [1.82, 2.24) is 9.78 Å². The van der Waals surface area contributed by atoms with Crippen LogP contribution in [0.15, 0.2) is 53.1 Å². The Labute approximate surface area is 152 Å². The van der Waals surface area contributed by atoms with E-state index < -0.39 is 5.91 Å². The largest absolute Gasteiger partial charge is 0.366 e. The van der Waals surface area contributed by atoms with E-state index in [2.05, 4.69) is 26.3 Å². The van der Waals surface area contributed by atoms with E-state index in [1.54, 1.807) is 22.9 Å². The highest BCUT2D eigenvalue weighted by Gasteiger charge is 2.10. The summed E-state index contributed by atoms with van der Waals surface area (Å²) < 4.78 is 2.67. The number of hydrogen-bond donors (Lipinski definition) is 2. The zero-order valence-electron chi connectivity index (χ0n) is 12.8. The average molecular weight is 406 g/mol. The molecule has 0 fully saturated rings. The van der Waals surface area contributed by atoms with E-state index in [0.29, 0.717) is 16.3 Å². The SMILES string of the molecule is Cn1cc(Br)c(-c2cccc(Nc3ccc(C(N)=O)cc3Cl)c2)n1. The Morgan fingerprint density at radius 3 is 2.71 bits per heavy atom. The van der Waals surface area contributed by atoms with Crippen LogP contribution in [0.1, 0.15) is 10.4 Å². The molecular weight excluding hydrogens is 392 g/mol. The number of amides is 1. The normalized spacial score (nSPS) is 10.6. The number of rotatable bonds is 4. The fourth-order valence-electron chi connectivity index (χ4n) is 2.32. The quantitative estimate of drug-likeness (QED) is 0.678. The molecule has 3 rings (SSSR count). The van der Waals surface area contributed by atoms with Gasteiger partial charge in [-0.05, 0) is 46.3 Å². The lowest BCUT2D eigenvalue weighted by Crippen LogP contribution is -2.10. The van der Waals surface area contributed by atoms with Crippen LogP contribution >= 0.6 is 27.5 Å². The minimum atomic E-state index is -0.509. The number of anilines is 2. The number of hydrogen-bond acceptors (Lipinski definition) is 3. The molecule has 1 amide bonds. The van der Waals surface area contributed by atoms with Crippen LogP contribution < -0.4 is 11.1 Å². The Balaban J connectivity index is 1.90. The van der Waals surface area contributed by atoms with Gasteiger partial charge in [-0.2, -0.15) is 5.10 Å². The number of primary amides is 1. The van der Waals surface area contributed by atoms with Crippen LogP contribution in [0.2, 0.25) is 5.02 Å². The molecule has 0 spiro atoms. The highest BCUT2D eigenvalue weighted by molar-refractivity contribution is 9.10. The molecule has 7 heteroatoms. The molecule has 0 saturated heterocycles. The number of halogens is 2. The van der Waals surface area contributed by atoms with Crippen molar-refractivity contribution in [3.63, 3.8) is 0 Å². The average Bonchev–Trinajstić information content (AvgIpc) is 2.88. The van der Waals surface area contributed by atoms with Crippen LogP contribution in [0.3, 0.4) is 0 Å². The zero-order valence-corrected chi connectivity index (χ0v) is 15.1. The van der Waals surface area contributed by atoms with E-state index in [1.807, 2.05) is 37.5 Å². The summed E-state index contributed by atoms with van der Waals surface area (Å²) in [4.78, 5) is 11.2. The molecule has 0 radical (unpaired) electrons. The second kappa shape index (κ2) is 6.67. The lowest BCUT2D eigenvalue weighted by Gasteiger charge is -2.10. The summed E-state index contributed by atoms with van der Waals surface area (Å²) in [6, 6.07) is 12.7. The smallest absolute Gasteiger partial charge is 0.248 e. The first kappa shape index (κ1) is 16.5. The third kappa shape index (κ3) is 3.44. The number of aryl methyl sites for hydroxylation is 1. The number of nitrogens with two attached hydrogens (primary N) is 1. The van der Waals surface area contributed by atoms with Gasteiger partial charge in [-0.25, -0.2) is 0 Å². The zero-order chi connectivity index (χ0) is 17.3. The van der Waals surface area contributed by atoms with Crippen molar-refractivity contribution in [2.45, 2.75) is 0 Å². The maximum absolute atomic E-state index is 11.2. The maximum Gasteiger partial charge on any atom is 0.248 e. The topological polar surface area (TPSA) is 72.9 Å². The fraction of sp³-hybridized carbons (Fsp3) is 0.0588. The molecule has 1 heterocycles. The summed E-state index contributed by atoms with van der Waals surface area (Å²) in [6.45, 7) is 0. The van der Waals surface area contributed by atoms with Crippen LogP contribution in [0.5, 0.6) is 0 Å². The van der Waals surface area contributed by atoms with Gasteiger partial charge < -0.3 is 11.1 Å². The van der Waals surface area contributed by atoms with Gasteiger partial charge in [0.25, 0.3) is 0 Å². The molecule has 122 valence electrons. The number of nitrogens with one attached hydrogen (secondary N) is 1. The van der Waals surface area contributed by atoms with Crippen LogP contribution in [0, 0.1) is 0 Å². The molecule has 0 unspecified atom stereocenters. The molecule has 24 heavy (non-hydrogen) atoms. The van der Waals surface area contributed by atoms with Crippen LogP contribution in [-0.4, -0.2) is 15.7 Å². The molecule has 3 N–H and O–H groups in total. The molecule has 5 nitrogen and oxygen atoms in total. The second-order valence-corrected chi connectivity index (χ2v) is 6.53. The third-order valence-electron chi connectivity index (χ3n) is 3.45. The highest BCUT2D eigenvalue weighted by atomic mass is 79.9. The lowest BCUT2D eigenvalue weighted by atomic mass is 10.1. The van der Waals surface area contributed by atoms with Crippen molar-refractivity contribution >= 4 is 44.8 Å². The maximum atomic E-state index is 11.2. The number of carbonyl (C=O) groups is 1. The van der Waals surface area contributed by atoms with E-state index in [4.69, 9.17) is 17.3 Å². The first-order chi connectivity index (χ1) is 11.4. The van der Waals surface area contributed by atoms with E-state index in [9.17, 15) is 4.79 Å². The summed E-state index contributed by atoms with van der Waals surface area (Å²) in [6.07, 6.45) is 1.90. The Hall–Kier alpha value is -2.31. The van der Waals surface area contributed by atoms with Gasteiger partial charge in [-0.15, -0.1) is 0 Å². The van der Waals surface area contributed by atoms with Gasteiger partial charge >= 0.3 is 0 Å². The minimum Gasteiger partial charge on any atom is -0.366 e. The summed E-state index contributed by atoms with van der Waals surface area (Å²) in [5, 5.41) is 8.11. The van der Waals surface area contributed by atoms with Crippen molar-refractivity contribution in [2.75, 3.05) is 5.32 Å². The molecule has 0 saturated carbocycles. The summed E-state index contributed by atoms with van der Waals surface area (Å²) in [5.41, 5.74) is 9.01. The summed E-state index contributed by atoms with van der Waals surface area (Å²) in [7, 11) is 1.87. The summed E-state index contributed by atoms with van der Waals surface area (Å²) in [5.74, 6) is -0.509. The molecule has 0 atom stereocenters. The molecule has 0 aliphatic rings. The Morgan fingerprint density at radius 1 is 1.29 bits per heavy atom. The minimum absolute atomic E-state index is 0.372. The first-order valence-electron chi connectivity index (χ1n) is 7.10.